The molecule has 0 atom stereocenters. The summed E-state index contributed by atoms with van der Waals surface area (Å²) >= 11 is 7.48. The van der Waals surface area contributed by atoms with E-state index < -0.39 is 28.8 Å². The van der Waals surface area contributed by atoms with E-state index in [4.69, 9.17) is 17.3 Å². The lowest BCUT2D eigenvalue weighted by atomic mass is 10.1. The number of carbonyl (C=O) groups excluding carboxylic acids is 2. The number of nitrogens with one attached hydrogen (secondary N) is 1. The minimum atomic E-state index is -1.01. The predicted octanol–water partition coefficient (Wildman–Crippen LogP) is 1.57. The van der Waals surface area contributed by atoms with Crippen LogP contribution in [-0.2, 0) is 0 Å². The third-order valence-corrected chi connectivity index (χ3v) is 4.53. The Labute approximate surface area is 152 Å². The molecule has 0 radical (unpaired) electrons. The Morgan fingerprint density at radius 3 is 2.58 bits per heavy atom. The molecule has 1 aromatic carbocycles. The van der Waals surface area contributed by atoms with E-state index in [0.29, 0.717) is 0 Å². The number of amides is 2. The van der Waals surface area contributed by atoms with Crippen LogP contribution in [-0.4, -0.2) is 16.4 Å². The highest BCUT2D eigenvalue weighted by molar-refractivity contribution is 14.1. The number of nitriles is 1. The fourth-order valence-electron chi connectivity index (χ4n) is 2.42. The van der Waals surface area contributed by atoms with Crippen LogP contribution in [0.5, 0.6) is 0 Å². The van der Waals surface area contributed by atoms with Crippen molar-refractivity contribution in [3.63, 3.8) is 0 Å². The molecule has 0 spiro atoms. The van der Waals surface area contributed by atoms with Crippen molar-refractivity contribution in [2.24, 2.45) is 0 Å². The van der Waals surface area contributed by atoms with Crippen LogP contribution >= 0.6 is 34.2 Å². The van der Waals surface area contributed by atoms with Gasteiger partial charge in [0, 0.05) is 9.64 Å². The van der Waals surface area contributed by atoms with Gasteiger partial charge in [-0.15, -0.1) is 0 Å². The number of hydrogen-bond donors (Lipinski definition) is 2. The van der Waals surface area contributed by atoms with Gasteiger partial charge < -0.3 is 5.73 Å². The van der Waals surface area contributed by atoms with Crippen LogP contribution in [0.1, 0.15) is 26.3 Å². The van der Waals surface area contributed by atoms with Crippen molar-refractivity contribution < 1.29 is 14.0 Å². The minimum Gasteiger partial charge on any atom is -0.384 e. The van der Waals surface area contributed by atoms with E-state index in [0.717, 1.165) is 10.6 Å². The summed E-state index contributed by atoms with van der Waals surface area (Å²) in [7, 11) is 0. The van der Waals surface area contributed by atoms with E-state index in [1.54, 1.807) is 28.7 Å². The quantitative estimate of drug-likeness (QED) is 0.382. The second kappa shape index (κ2) is 5.57. The van der Waals surface area contributed by atoms with Crippen molar-refractivity contribution in [1.82, 2.24) is 9.88 Å². The molecule has 10 heteroatoms. The first-order valence-corrected chi connectivity index (χ1v) is 7.72. The zero-order valence-electron chi connectivity index (χ0n) is 11.5. The second-order valence-corrected chi connectivity index (χ2v) is 6.33. The summed E-state index contributed by atoms with van der Waals surface area (Å²) in [6, 6.07) is 3.77. The Kier molecular flexibility index (Phi) is 3.81. The van der Waals surface area contributed by atoms with Gasteiger partial charge in [-0.1, -0.05) is 11.6 Å². The summed E-state index contributed by atoms with van der Waals surface area (Å²) in [5, 5.41) is 11.0. The topological polar surface area (TPSA) is 118 Å². The van der Waals surface area contributed by atoms with Crippen LogP contribution < -0.4 is 16.6 Å². The number of nitrogens with zero attached hydrogens (tertiary/aromatic N) is 2. The first-order chi connectivity index (χ1) is 11.3. The third-order valence-electron chi connectivity index (χ3n) is 3.43. The highest BCUT2D eigenvalue weighted by Crippen LogP contribution is 2.31. The lowest BCUT2D eigenvalue weighted by Crippen LogP contribution is -2.25. The molecule has 0 saturated heterocycles. The monoisotopic (exact) mass is 458 g/mol. The van der Waals surface area contributed by atoms with Crippen molar-refractivity contribution >= 4 is 51.8 Å². The van der Waals surface area contributed by atoms with Crippen LogP contribution in [0.3, 0.4) is 0 Å². The zero-order chi connectivity index (χ0) is 17.8. The molecule has 1 aliphatic heterocycles. The molecular formula is C14H5ClFIN4O3. The van der Waals surface area contributed by atoms with Crippen LogP contribution in [0.25, 0.3) is 5.69 Å². The van der Waals surface area contributed by atoms with E-state index in [1.807, 2.05) is 5.32 Å². The largest absolute Gasteiger partial charge is 0.384 e. The number of benzene rings is 1. The number of pyridine rings is 1. The fraction of sp³-hybridized carbons (Fsp3) is 0. The van der Waals surface area contributed by atoms with Gasteiger partial charge in [-0.25, -0.2) is 4.39 Å². The molecule has 2 amide bonds. The van der Waals surface area contributed by atoms with Crippen molar-refractivity contribution in [2.45, 2.75) is 0 Å². The summed E-state index contributed by atoms with van der Waals surface area (Å²) in [4.78, 5) is 35.9. The highest BCUT2D eigenvalue weighted by atomic mass is 127. The van der Waals surface area contributed by atoms with Crippen LogP contribution in [0, 0.1) is 20.7 Å². The predicted molar refractivity (Wildman–Crippen MR) is 90.6 cm³/mol. The molecule has 0 fully saturated rings. The lowest BCUT2D eigenvalue weighted by Gasteiger charge is -2.15. The molecule has 1 aliphatic rings. The number of halogens is 3. The summed E-state index contributed by atoms with van der Waals surface area (Å²) < 4.78 is 15.2. The molecule has 7 nitrogen and oxygen atoms in total. The first-order valence-electron chi connectivity index (χ1n) is 6.27. The SMILES string of the molecule is N#Cc1c(F)c(Cl)cc(I)c1-n1c(N)c2c(cc1=O)C(=O)NC2=O. The van der Waals surface area contributed by atoms with Gasteiger partial charge in [-0.2, -0.15) is 5.26 Å². The fourth-order valence-corrected chi connectivity index (χ4v) is 3.63. The Morgan fingerprint density at radius 2 is 1.96 bits per heavy atom. The number of anilines is 1. The summed E-state index contributed by atoms with van der Waals surface area (Å²) in [6.45, 7) is 0. The molecule has 1 aromatic heterocycles. The third kappa shape index (κ3) is 2.18. The summed E-state index contributed by atoms with van der Waals surface area (Å²) in [5.41, 5.74) is 4.10. The second-order valence-electron chi connectivity index (χ2n) is 4.76. The smallest absolute Gasteiger partial charge is 0.262 e. The number of nitrogens with two attached hydrogens (primary N) is 1. The van der Waals surface area contributed by atoms with Gasteiger partial charge in [0.25, 0.3) is 17.4 Å². The Morgan fingerprint density at radius 1 is 1.29 bits per heavy atom. The highest BCUT2D eigenvalue weighted by Gasteiger charge is 2.33. The van der Waals surface area contributed by atoms with Crippen molar-refractivity contribution in [1.29, 1.82) is 5.26 Å². The minimum absolute atomic E-state index is 0.141. The average Bonchev–Trinajstić information content (AvgIpc) is 2.79. The van der Waals surface area contributed by atoms with E-state index >= 15 is 0 Å². The van der Waals surface area contributed by atoms with E-state index in [-0.39, 0.29) is 31.2 Å². The maximum Gasteiger partial charge on any atom is 0.262 e. The maximum atomic E-state index is 14.2. The molecule has 120 valence electrons. The number of nitrogen functional groups attached to an aromatic ring is 1. The zero-order valence-corrected chi connectivity index (χ0v) is 14.4. The molecule has 0 saturated carbocycles. The number of aromatic nitrogens is 1. The summed E-state index contributed by atoms with van der Waals surface area (Å²) in [5.74, 6) is -2.90. The van der Waals surface area contributed by atoms with Gasteiger partial charge in [0.1, 0.15) is 17.5 Å². The van der Waals surface area contributed by atoms with Gasteiger partial charge in [-0.05, 0) is 28.7 Å². The van der Waals surface area contributed by atoms with Gasteiger partial charge in [0.2, 0.25) is 0 Å². The van der Waals surface area contributed by atoms with E-state index in [1.165, 1.54) is 6.07 Å². The molecule has 2 heterocycles. The van der Waals surface area contributed by atoms with Gasteiger partial charge in [0.15, 0.2) is 5.82 Å². The van der Waals surface area contributed by atoms with Crippen LogP contribution in [0.4, 0.5) is 10.2 Å². The molecular weight excluding hydrogens is 454 g/mol. The van der Waals surface area contributed by atoms with Crippen LogP contribution in [0.2, 0.25) is 5.02 Å². The molecule has 0 aliphatic carbocycles. The number of carbonyl (C=O) groups is 2. The maximum absolute atomic E-state index is 14.2. The molecule has 2 aromatic rings. The normalized spacial score (nSPS) is 12.8. The summed E-state index contributed by atoms with van der Waals surface area (Å²) in [6.07, 6.45) is 0. The van der Waals surface area contributed by atoms with Gasteiger partial charge in [-0.3, -0.25) is 24.3 Å². The molecule has 24 heavy (non-hydrogen) atoms. The van der Waals surface area contributed by atoms with Crippen molar-refractivity contribution in [2.75, 3.05) is 5.73 Å². The molecule has 3 rings (SSSR count). The van der Waals surface area contributed by atoms with Gasteiger partial charge >= 0.3 is 0 Å². The Hall–Kier alpha value is -2.45. The average molecular weight is 459 g/mol. The van der Waals surface area contributed by atoms with Crippen LogP contribution in [0.15, 0.2) is 16.9 Å². The van der Waals surface area contributed by atoms with E-state index in [2.05, 4.69) is 0 Å². The van der Waals surface area contributed by atoms with Crippen molar-refractivity contribution in [3.05, 3.63) is 53.6 Å². The standard InChI is InChI=1S/C14H5ClFIN4O3/c15-6-2-7(17)11(5(3-18)10(6)16)21-8(22)1-4-9(12(21)19)14(24)20-13(4)23/h1-2H,19H2,(H,20,23,24). The van der Waals surface area contributed by atoms with Crippen molar-refractivity contribution in [3.8, 4) is 11.8 Å². The van der Waals surface area contributed by atoms with Gasteiger partial charge in [0.05, 0.1) is 21.8 Å². The Bertz CT molecular complexity index is 1060. The number of hydrogen-bond acceptors (Lipinski definition) is 5. The Balaban J connectivity index is 2.47. The number of imide groups is 1. The van der Waals surface area contributed by atoms with E-state index in [9.17, 15) is 24.0 Å². The number of fused-ring (bicyclic) bond motifs is 1. The number of rotatable bonds is 1. The molecule has 0 bridgehead atoms. The molecule has 0 unspecified atom stereocenters. The lowest BCUT2D eigenvalue weighted by molar-refractivity contribution is 0.0880. The first kappa shape index (κ1) is 16.4. The molecule has 3 N–H and O–H groups in total.